The summed E-state index contributed by atoms with van der Waals surface area (Å²) in [6.07, 6.45) is 1.53. The molecule has 0 aromatic carbocycles. The van der Waals surface area contributed by atoms with E-state index in [1.54, 1.807) is 24.0 Å². The Kier molecular flexibility index (Phi) is 5.25. The fraction of sp³-hybridized carbons (Fsp3) is 0.368. The van der Waals surface area contributed by atoms with Crippen molar-refractivity contribution in [2.75, 3.05) is 13.1 Å². The molecular weight excluding hydrogens is 337 g/mol. The second-order valence-corrected chi connectivity index (χ2v) is 6.29. The Morgan fingerprint density at radius 2 is 2.08 bits per heavy atom. The molecule has 2 aromatic heterocycles. The zero-order valence-corrected chi connectivity index (χ0v) is 14.7. The number of hydrogen-bond donors (Lipinski definition) is 0. The highest BCUT2D eigenvalue weighted by atomic mass is 19.1. The molecule has 0 bridgehead atoms. The smallest absolute Gasteiger partial charge is 0.222 e. The molecule has 3 heterocycles. The predicted molar refractivity (Wildman–Crippen MR) is 92.5 cm³/mol. The summed E-state index contributed by atoms with van der Waals surface area (Å²) in [4.78, 5) is 33.9. The fourth-order valence-electron chi connectivity index (χ4n) is 2.75. The van der Waals surface area contributed by atoms with Crippen molar-refractivity contribution in [1.82, 2.24) is 14.9 Å². The van der Waals surface area contributed by atoms with E-state index < -0.39 is 5.82 Å². The Labute approximate surface area is 151 Å². The average molecular weight is 357 g/mol. The zero-order valence-electron chi connectivity index (χ0n) is 14.7. The van der Waals surface area contributed by atoms with Crippen LogP contribution in [0.3, 0.4) is 0 Å². The van der Waals surface area contributed by atoms with Crippen LogP contribution in [0.2, 0.25) is 0 Å². The van der Waals surface area contributed by atoms with E-state index in [-0.39, 0.29) is 29.9 Å². The van der Waals surface area contributed by atoms with Crippen LogP contribution in [0, 0.1) is 12.7 Å². The number of aromatic nitrogens is 2. The molecule has 0 N–H and O–H groups in total. The number of ketones is 1. The molecule has 0 radical (unpaired) electrons. The van der Waals surface area contributed by atoms with Gasteiger partial charge in [0.05, 0.1) is 25.7 Å². The lowest BCUT2D eigenvalue weighted by molar-refractivity contribution is -0.139. The Balaban J connectivity index is 1.65. The van der Waals surface area contributed by atoms with E-state index in [0.29, 0.717) is 36.6 Å². The van der Waals surface area contributed by atoms with Gasteiger partial charge in [0, 0.05) is 29.9 Å². The van der Waals surface area contributed by atoms with Crippen LogP contribution in [-0.2, 0) is 11.2 Å². The Morgan fingerprint density at radius 1 is 1.31 bits per heavy atom. The highest BCUT2D eigenvalue weighted by molar-refractivity contribution is 5.95. The summed E-state index contributed by atoms with van der Waals surface area (Å²) in [5.74, 6) is 0.00986. The molecule has 136 valence electrons. The number of likely N-dealkylation sites (tertiary alicyclic amines) is 1. The van der Waals surface area contributed by atoms with Gasteiger partial charge in [-0.15, -0.1) is 0 Å². The standard InChI is InChI=1S/C19H20FN3O3/c1-3-19(25)23-10-16(11-23)26-15-6-12(2)22-17(8-15)18(24)7-14-5-4-13(20)9-21-14/h4-6,8-9,16H,3,7,10-11H2,1-2H3. The zero-order chi connectivity index (χ0) is 18.7. The first-order valence-electron chi connectivity index (χ1n) is 8.51. The number of hydrogen-bond acceptors (Lipinski definition) is 5. The van der Waals surface area contributed by atoms with E-state index in [1.165, 1.54) is 12.1 Å². The number of Topliss-reactive ketones (excluding diaryl/α,β-unsaturated/α-hetero) is 1. The van der Waals surface area contributed by atoms with Crippen LogP contribution in [0.1, 0.15) is 35.2 Å². The molecule has 6 nitrogen and oxygen atoms in total. The highest BCUT2D eigenvalue weighted by Gasteiger charge is 2.31. The third-order valence-electron chi connectivity index (χ3n) is 4.15. The molecule has 1 amide bonds. The van der Waals surface area contributed by atoms with Crippen LogP contribution >= 0.6 is 0 Å². The first kappa shape index (κ1) is 18.0. The number of carbonyl (C=O) groups is 2. The topological polar surface area (TPSA) is 72.4 Å². The minimum atomic E-state index is -0.443. The van der Waals surface area contributed by atoms with Crippen molar-refractivity contribution >= 4 is 11.7 Å². The lowest BCUT2D eigenvalue weighted by Crippen LogP contribution is -2.56. The van der Waals surface area contributed by atoms with Crippen molar-refractivity contribution < 1.29 is 18.7 Å². The molecule has 0 spiro atoms. The van der Waals surface area contributed by atoms with Crippen LogP contribution in [0.15, 0.2) is 30.5 Å². The Hall–Kier alpha value is -2.83. The molecule has 26 heavy (non-hydrogen) atoms. The predicted octanol–water partition coefficient (Wildman–Crippen LogP) is 2.35. The quantitative estimate of drug-likeness (QED) is 0.742. The third kappa shape index (κ3) is 4.22. The van der Waals surface area contributed by atoms with Crippen LogP contribution < -0.4 is 4.74 Å². The maximum atomic E-state index is 12.9. The van der Waals surface area contributed by atoms with Gasteiger partial charge < -0.3 is 9.64 Å². The minimum absolute atomic E-state index is 0.0401. The number of carbonyl (C=O) groups excluding carboxylic acids is 2. The van der Waals surface area contributed by atoms with E-state index in [4.69, 9.17) is 4.74 Å². The van der Waals surface area contributed by atoms with Crippen molar-refractivity contribution in [3.05, 3.63) is 53.4 Å². The van der Waals surface area contributed by atoms with Gasteiger partial charge in [0.15, 0.2) is 5.78 Å². The first-order valence-corrected chi connectivity index (χ1v) is 8.51. The van der Waals surface area contributed by atoms with Crippen molar-refractivity contribution in [2.45, 2.75) is 32.8 Å². The summed E-state index contributed by atoms with van der Waals surface area (Å²) in [5, 5.41) is 0. The summed E-state index contributed by atoms with van der Waals surface area (Å²) in [7, 11) is 0. The second-order valence-electron chi connectivity index (χ2n) is 6.29. The molecule has 0 saturated carbocycles. The molecule has 0 unspecified atom stereocenters. The van der Waals surface area contributed by atoms with Gasteiger partial charge >= 0.3 is 0 Å². The summed E-state index contributed by atoms with van der Waals surface area (Å²) < 4.78 is 18.8. The molecule has 1 aliphatic rings. The number of aryl methyl sites for hydroxylation is 1. The number of halogens is 1. The van der Waals surface area contributed by atoms with E-state index in [1.807, 2.05) is 6.92 Å². The molecule has 0 atom stereocenters. The van der Waals surface area contributed by atoms with E-state index >= 15 is 0 Å². The lowest BCUT2D eigenvalue weighted by Gasteiger charge is -2.38. The normalized spacial score (nSPS) is 14.0. The number of amides is 1. The third-order valence-corrected chi connectivity index (χ3v) is 4.15. The summed E-state index contributed by atoms with van der Waals surface area (Å²) in [5.41, 5.74) is 1.43. The molecule has 1 fully saturated rings. The van der Waals surface area contributed by atoms with Crippen LogP contribution in [-0.4, -0.2) is 45.8 Å². The maximum absolute atomic E-state index is 12.9. The molecular formula is C19H20FN3O3. The molecule has 3 rings (SSSR count). The first-order chi connectivity index (χ1) is 12.4. The highest BCUT2D eigenvalue weighted by Crippen LogP contribution is 2.21. The summed E-state index contributed by atoms with van der Waals surface area (Å²) in [6.45, 7) is 4.72. The molecule has 0 aliphatic carbocycles. The second kappa shape index (κ2) is 7.59. The van der Waals surface area contributed by atoms with E-state index in [9.17, 15) is 14.0 Å². The van der Waals surface area contributed by atoms with Gasteiger partial charge in [-0.05, 0) is 19.1 Å². The van der Waals surface area contributed by atoms with Gasteiger partial charge in [0.2, 0.25) is 5.91 Å². The van der Waals surface area contributed by atoms with Crippen molar-refractivity contribution in [3.63, 3.8) is 0 Å². The minimum Gasteiger partial charge on any atom is -0.487 e. The number of rotatable bonds is 6. The SMILES string of the molecule is CCC(=O)N1CC(Oc2cc(C)nc(C(=O)Cc3ccc(F)cn3)c2)C1. The Morgan fingerprint density at radius 3 is 2.73 bits per heavy atom. The maximum Gasteiger partial charge on any atom is 0.222 e. The van der Waals surface area contributed by atoms with Crippen LogP contribution in [0.5, 0.6) is 5.75 Å². The molecule has 2 aromatic rings. The Bertz CT molecular complexity index is 817. The van der Waals surface area contributed by atoms with E-state index in [2.05, 4.69) is 9.97 Å². The van der Waals surface area contributed by atoms with Crippen molar-refractivity contribution in [1.29, 1.82) is 0 Å². The average Bonchev–Trinajstić information content (AvgIpc) is 2.58. The molecule has 1 saturated heterocycles. The number of nitrogens with zero attached hydrogens (tertiary/aromatic N) is 3. The van der Waals surface area contributed by atoms with E-state index in [0.717, 1.165) is 6.20 Å². The summed E-state index contributed by atoms with van der Waals surface area (Å²) >= 11 is 0. The van der Waals surface area contributed by atoms with Crippen LogP contribution in [0.4, 0.5) is 4.39 Å². The van der Waals surface area contributed by atoms with Gasteiger partial charge in [-0.2, -0.15) is 0 Å². The van der Waals surface area contributed by atoms with Crippen molar-refractivity contribution in [3.8, 4) is 5.75 Å². The van der Waals surface area contributed by atoms with Crippen LogP contribution in [0.25, 0.3) is 0 Å². The lowest BCUT2D eigenvalue weighted by atomic mass is 10.1. The number of ether oxygens (including phenoxy) is 1. The largest absolute Gasteiger partial charge is 0.487 e. The fourth-order valence-corrected chi connectivity index (χ4v) is 2.75. The number of pyridine rings is 2. The van der Waals surface area contributed by atoms with Gasteiger partial charge in [-0.25, -0.2) is 9.37 Å². The van der Waals surface area contributed by atoms with Gasteiger partial charge in [-0.1, -0.05) is 6.92 Å². The van der Waals surface area contributed by atoms with Gasteiger partial charge in [0.1, 0.15) is 23.4 Å². The monoisotopic (exact) mass is 357 g/mol. The van der Waals surface area contributed by atoms with Crippen molar-refractivity contribution in [2.24, 2.45) is 0 Å². The van der Waals surface area contributed by atoms with Gasteiger partial charge in [-0.3, -0.25) is 14.6 Å². The molecule has 7 heteroatoms. The van der Waals surface area contributed by atoms with Gasteiger partial charge in [0.25, 0.3) is 0 Å². The molecule has 1 aliphatic heterocycles. The summed E-state index contributed by atoms with van der Waals surface area (Å²) in [6, 6.07) is 6.11.